The number of carbonyl (C=O) groups excluding carboxylic acids is 1. The molecule has 2 aliphatic carbocycles. The summed E-state index contributed by atoms with van der Waals surface area (Å²) in [5.74, 6) is 0.598. The highest BCUT2D eigenvalue weighted by molar-refractivity contribution is 5.89. The maximum Gasteiger partial charge on any atom is 0.164 e. The molecule has 0 amide bonds. The third-order valence-corrected chi connectivity index (χ3v) is 2.82. The molecule has 0 aromatic heterocycles. The fourth-order valence-corrected chi connectivity index (χ4v) is 2.24. The number of carbonyl (C=O) groups is 1. The van der Waals surface area contributed by atoms with E-state index in [4.69, 9.17) is 0 Å². The summed E-state index contributed by atoms with van der Waals surface area (Å²) >= 11 is 0. The molecule has 0 saturated heterocycles. The number of hydrogen-bond acceptors (Lipinski definition) is 2. The quantitative estimate of drug-likeness (QED) is 0.542. The second-order valence-electron chi connectivity index (χ2n) is 3.62. The van der Waals surface area contributed by atoms with Crippen molar-refractivity contribution in [2.75, 3.05) is 0 Å². The van der Waals surface area contributed by atoms with Crippen LogP contribution in [0.15, 0.2) is 0 Å². The first-order valence-corrected chi connectivity index (χ1v) is 3.96. The number of hydrogen-bond donors (Lipinski definition) is 1. The van der Waals surface area contributed by atoms with Crippen LogP contribution in [-0.2, 0) is 4.79 Å². The Hall–Kier alpha value is -0.370. The second kappa shape index (κ2) is 1.82. The molecule has 1 N–H and O–H groups in total. The van der Waals surface area contributed by atoms with Crippen molar-refractivity contribution < 1.29 is 9.90 Å². The van der Waals surface area contributed by atoms with E-state index in [9.17, 15) is 9.90 Å². The van der Waals surface area contributed by atoms with Crippen LogP contribution in [0.1, 0.15) is 32.1 Å². The molecule has 0 aromatic carbocycles. The van der Waals surface area contributed by atoms with Gasteiger partial charge in [0.05, 0.1) is 0 Å². The molecule has 0 aliphatic heterocycles. The summed E-state index contributed by atoms with van der Waals surface area (Å²) in [7, 11) is 0. The minimum absolute atomic E-state index is 0.0926. The molecule has 2 saturated carbocycles. The first-order valence-electron chi connectivity index (χ1n) is 3.96. The fourth-order valence-electron chi connectivity index (χ4n) is 2.24. The van der Waals surface area contributed by atoms with Gasteiger partial charge in [-0.3, -0.25) is 4.79 Å². The standard InChI is InChI=1S/C8H12O2/c9-7-4-6-2-1-3-8(7,10)5-6/h6,10H,1-5H2. The molecule has 2 bridgehead atoms. The zero-order valence-electron chi connectivity index (χ0n) is 5.97. The van der Waals surface area contributed by atoms with Gasteiger partial charge in [-0.05, 0) is 31.6 Å². The van der Waals surface area contributed by atoms with Crippen molar-refractivity contribution in [2.45, 2.75) is 37.7 Å². The molecule has 0 spiro atoms. The van der Waals surface area contributed by atoms with Gasteiger partial charge in [0.25, 0.3) is 0 Å². The number of aliphatic hydroxyl groups is 1. The van der Waals surface area contributed by atoms with Crippen molar-refractivity contribution in [3.8, 4) is 0 Å². The average molecular weight is 140 g/mol. The Balaban J connectivity index is 2.26. The Kier molecular flexibility index (Phi) is 1.15. The van der Waals surface area contributed by atoms with Gasteiger partial charge in [0, 0.05) is 6.42 Å². The Morgan fingerprint density at radius 3 is 3.00 bits per heavy atom. The van der Waals surface area contributed by atoms with Gasteiger partial charge in [0.2, 0.25) is 0 Å². The minimum atomic E-state index is -0.886. The van der Waals surface area contributed by atoms with E-state index in [2.05, 4.69) is 0 Å². The van der Waals surface area contributed by atoms with Gasteiger partial charge in [-0.15, -0.1) is 0 Å². The number of ketones is 1. The molecule has 2 fully saturated rings. The molecular formula is C8H12O2. The largest absolute Gasteiger partial charge is 0.382 e. The molecule has 0 radical (unpaired) electrons. The highest BCUT2D eigenvalue weighted by atomic mass is 16.3. The predicted octanol–water partition coefficient (Wildman–Crippen LogP) is 0.881. The summed E-state index contributed by atoms with van der Waals surface area (Å²) in [6.07, 6.45) is 4.27. The third kappa shape index (κ3) is 0.717. The lowest BCUT2D eigenvalue weighted by molar-refractivity contribution is -0.134. The predicted molar refractivity (Wildman–Crippen MR) is 36.5 cm³/mol. The van der Waals surface area contributed by atoms with E-state index >= 15 is 0 Å². The van der Waals surface area contributed by atoms with Crippen molar-refractivity contribution in [3.63, 3.8) is 0 Å². The van der Waals surface area contributed by atoms with Crippen molar-refractivity contribution in [1.29, 1.82) is 0 Å². The molecule has 2 rings (SSSR count). The van der Waals surface area contributed by atoms with Crippen molar-refractivity contribution in [2.24, 2.45) is 5.92 Å². The topological polar surface area (TPSA) is 37.3 Å². The SMILES string of the molecule is O=C1CC2CCCC1(O)C2. The molecule has 2 heteroatoms. The lowest BCUT2D eigenvalue weighted by atomic mass is 9.86. The average Bonchev–Trinajstić information content (AvgIpc) is 2.04. The first-order chi connectivity index (χ1) is 4.71. The van der Waals surface area contributed by atoms with Crippen LogP contribution >= 0.6 is 0 Å². The monoisotopic (exact) mass is 140 g/mol. The summed E-state index contributed by atoms with van der Waals surface area (Å²) in [5, 5.41) is 9.64. The van der Waals surface area contributed by atoms with E-state index in [1.807, 2.05) is 0 Å². The Labute approximate surface area is 60.2 Å². The maximum absolute atomic E-state index is 11.1. The maximum atomic E-state index is 11.1. The molecule has 2 aliphatic rings. The van der Waals surface area contributed by atoms with E-state index in [-0.39, 0.29) is 5.78 Å². The number of rotatable bonds is 0. The van der Waals surface area contributed by atoms with E-state index in [0.717, 1.165) is 19.3 Å². The van der Waals surface area contributed by atoms with Crippen LogP contribution in [0.4, 0.5) is 0 Å². The van der Waals surface area contributed by atoms with Crippen LogP contribution in [-0.4, -0.2) is 16.5 Å². The van der Waals surface area contributed by atoms with E-state index in [1.54, 1.807) is 0 Å². The van der Waals surface area contributed by atoms with Crippen LogP contribution in [0.5, 0.6) is 0 Å². The summed E-state index contributed by atoms with van der Waals surface area (Å²) in [4.78, 5) is 11.1. The molecule has 0 heterocycles. The molecular weight excluding hydrogens is 128 g/mol. The van der Waals surface area contributed by atoms with Gasteiger partial charge in [-0.1, -0.05) is 0 Å². The van der Waals surface area contributed by atoms with Gasteiger partial charge < -0.3 is 5.11 Å². The first kappa shape index (κ1) is 6.35. The molecule has 10 heavy (non-hydrogen) atoms. The lowest BCUT2D eigenvalue weighted by Gasteiger charge is -2.25. The van der Waals surface area contributed by atoms with Gasteiger partial charge in [0.15, 0.2) is 5.78 Å². The zero-order valence-corrected chi connectivity index (χ0v) is 5.97. The van der Waals surface area contributed by atoms with Crippen LogP contribution in [0.2, 0.25) is 0 Å². The van der Waals surface area contributed by atoms with E-state index < -0.39 is 5.60 Å². The minimum Gasteiger partial charge on any atom is -0.382 e. The Bertz CT molecular complexity index is 176. The van der Waals surface area contributed by atoms with Gasteiger partial charge in [0.1, 0.15) is 5.60 Å². The van der Waals surface area contributed by atoms with Crippen LogP contribution in [0, 0.1) is 5.92 Å². The Morgan fingerprint density at radius 2 is 2.40 bits per heavy atom. The highest BCUT2D eigenvalue weighted by Gasteiger charge is 2.47. The van der Waals surface area contributed by atoms with Crippen molar-refractivity contribution >= 4 is 5.78 Å². The smallest absolute Gasteiger partial charge is 0.164 e. The van der Waals surface area contributed by atoms with Gasteiger partial charge in [-0.2, -0.15) is 0 Å². The number of Topliss-reactive ketones (excluding diaryl/α,β-unsaturated/α-hetero) is 1. The summed E-state index contributed by atoms with van der Waals surface area (Å²) in [6.45, 7) is 0. The van der Waals surface area contributed by atoms with Crippen molar-refractivity contribution in [1.82, 2.24) is 0 Å². The zero-order chi connectivity index (χ0) is 7.19. The van der Waals surface area contributed by atoms with E-state index in [1.165, 1.54) is 0 Å². The Morgan fingerprint density at radius 1 is 1.60 bits per heavy atom. The third-order valence-electron chi connectivity index (χ3n) is 2.82. The van der Waals surface area contributed by atoms with Gasteiger partial charge >= 0.3 is 0 Å². The summed E-state index contributed by atoms with van der Waals surface area (Å²) in [6, 6.07) is 0. The van der Waals surface area contributed by atoms with Crippen LogP contribution < -0.4 is 0 Å². The lowest BCUT2D eigenvalue weighted by Crippen LogP contribution is -2.34. The van der Waals surface area contributed by atoms with Crippen molar-refractivity contribution in [3.05, 3.63) is 0 Å². The number of fused-ring (bicyclic) bond motifs is 2. The summed E-state index contributed by atoms with van der Waals surface area (Å²) < 4.78 is 0. The van der Waals surface area contributed by atoms with Crippen LogP contribution in [0.25, 0.3) is 0 Å². The normalized spacial score (nSPS) is 46.1. The summed E-state index contributed by atoms with van der Waals surface area (Å²) in [5.41, 5.74) is -0.886. The molecule has 2 atom stereocenters. The van der Waals surface area contributed by atoms with Crippen LogP contribution in [0.3, 0.4) is 0 Å². The molecule has 2 nitrogen and oxygen atoms in total. The van der Waals surface area contributed by atoms with E-state index in [0.29, 0.717) is 18.8 Å². The molecule has 0 aromatic rings. The highest BCUT2D eigenvalue weighted by Crippen LogP contribution is 2.42. The fraction of sp³-hybridized carbons (Fsp3) is 0.875. The van der Waals surface area contributed by atoms with Gasteiger partial charge in [-0.25, -0.2) is 0 Å². The second-order valence-corrected chi connectivity index (χ2v) is 3.62. The molecule has 56 valence electrons. The molecule has 2 unspecified atom stereocenters.